The van der Waals surface area contributed by atoms with E-state index in [-0.39, 0.29) is 36.2 Å². The maximum atomic E-state index is 14.2. The molecule has 1 aliphatic heterocycles. The van der Waals surface area contributed by atoms with Crippen LogP contribution in [-0.4, -0.2) is 39.1 Å². The van der Waals surface area contributed by atoms with Gasteiger partial charge >= 0.3 is 5.97 Å². The van der Waals surface area contributed by atoms with E-state index < -0.39 is 17.5 Å². The van der Waals surface area contributed by atoms with Crippen molar-refractivity contribution in [3.05, 3.63) is 69.7 Å². The zero-order valence-electron chi connectivity index (χ0n) is 19.5. The summed E-state index contributed by atoms with van der Waals surface area (Å²) in [6.07, 6.45) is 1.79. The van der Waals surface area contributed by atoms with Crippen LogP contribution in [0.2, 0.25) is 10.0 Å². The van der Waals surface area contributed by atoms with E-state index in [1.807, 2.05) is 54.3 Å². The fraction of sp³-hybridized carbons (Fsp3) is 0.481. The van der Waals surface area contributed by atoms with Crippen LogP contribution in [0.25, 0.3) is 0 Å². The lowest BCUT2D eigenvalue weighted by molar-refractivity contribution is -0.164. The first kappa shape index (κ1) is 25.0. The van der Waals surface area contributed by atoms with E-state index in [4.69, 9.17) is 23.2 Å². The number of hydrogen-bond acceptors (Lipinski definition) is 3. The number of amides is 1. The molecule has 5 atom stereocenters. The molecule has 182 valence electrons. The molecule has 0 spiro atoms. The number of benzene rings is 2. The largest absolute Gasteiger partial charge is 0.481 e. The van der Waals surface area contributed by atoms with Crippen LogP contribution >= 0.6 is 23.2 Å². The molecule has 4 rings (SSSR count). The molecule has 34 heavy (non-hydrogen) atoms. The number of carboxylic acid groups (broad SMARTS) is 1. The Morgan fingerprint density at radius 2 is 1.79 bits per heavy atom. The molecule has 1 aliphatic carbocycles. The Hall–Kier alpha value is -2.08. The summed E-state index contributed by atoms with van der Waals surface area (Å²) >= 11 is 12.5. The number of aliphatic hydroxyl groups excluding tert-OH is 1. The molecule has 2 fully saturated rings. The Balaban J connectivity index is 1.92. The predicted molar refractivity (Wildman–Crippen MR) is 133 cm³/mol. The van der Waals surface area contributed by atoms with Crippen LogP contribution in [0, 0.1) is 11.3 Å². The van der Waals surface area contributed by atoms with Gasteiger partial charge in [-0.1, -0.05) is 61.3 Å². The van der Waals surface area contributed by atoms with Gasteiger partial charge in [-0.2, -0.15) is 0 Å². The lowest BCUT2D eigenvalue weighted by atomic mass is 9.66. The number of aliphatic hydroxyl groups is 1. The minimum Gasteiger partial charge on any atom is -0.481 e. The van der Waals surface area contributed by atoms with Crippen LogP contribution in [0.5, 0.6) is 0 Å². The molecule has 0 aromatic heterocycles. The highest BCUT2D eigenvalue weighted by Gasteiger charge is 2.55. The summed E-state index contributed by atoms with van der Waals surface area (Å²) < 4.78 is 0. The molecule has 1 saturated carbocycles. The van der Waals surface area contributed by atoms with Crippen molar-refractivity contribution in [1.82, 2.24) is 4.90 Å². The molecule has 0 radical (unpaired) electrons. The van der Waals surface area contributed by atoms with Crippen molar-refractivity contribution in [2.45, 2.75) is 70.1 Å². The Morgan fingerprint density at radius 1 is 1.12 bits per heavy atom. The Kier molecular flexibility index (Phi) is 7.28. The molecule has 0 bridgehead atoms. The number of carboxylic acids is 1. The van der Waals surface area contributed by atoms with E-state index >= 15 is 0 Å². The topological polar surface area (TPSA) is 77.8 Å². The van der Waals surface area contributed by atoms with Crippen molar-refractivity contribution in [3.63, 3.8) is 0 Å². The fourth-order valence-corrected chi connectivity index (χ4v) is 5.94. The number of nitrogens with zero attached hydrogens (tertiary/aromatic N) is 1. The third-order valence-electron chi connectivity index (χ3n) is 7.37. The number of likely N-dealkylation sites (tertiary alicyclic amines) is 1. The molecule has 2 aliphatic rings. The van der Waals surface area contributed by atoms with Crippen molar-refractivity contribution in [2.24, 2.45) is 11.3 Å². The molecule has 7 heteroatoms. The van der Waals surface area contributed by atoms with E-state index in [0.717, 1.165) is 24.0 Å². The summed E-state index contributed by atoms with van der Waals surface area (Å²) in [7, 11) is 0. The Bertz CT molecular complexity index is 1050. The minimum atomic E-state index is -1.11. The second-order valence-electron chi connectivity index (χ2n) is 10.0. The number of halogens is 2. The predicted octanol–water partition coefficient (Wildman–Crippen LogP) is 6.08. The van der Waals surface area contributed by atoms with Crippen LogP contribution in [0.1, 0.15) is 69.0 Å². The molecule has 1 saturated heterocycles. The monoisotopic (exact) mass is 503 g/mol. The molecule has 2 aromatic rings. The van der Waals surface area contributed by atoms with E-state index in [1.54, 1.807) is 13.0 Å². The van der Waals surface area contributed by atoms with Crippen LogP contribution < -0.4 is 0 Å². The molecule has 2 aromatic carbocycles. The first-order valence-corrected chi connectivity index (χ1v) is 12.6. The number of aliphatic carboxylic acids is 1. The normalized spacial score (nSPS) is 26.9. The third kappa shape index (κ3) is 4.98. The van der Waals surface area contributed by atoms with Gasteiger partial charge in [-0.25, -0.2) is 0 Å². The number of carbonyl (C=O) groups excluding carboxylic acids is 1. The summed E-state index contributed by atoms with van der Waals surface area (Å²) in [4.78, 5) is 27.9. The highest BCUT2D eigenvalue weighted by atomic mass is 35.5. The van der Waals surface area contributed by atoms with Gasteiger partial charge in [0.1, 0.15) is 0 Å². The van der Waals surface area contributed by atoms with Crippen LogP contribution in [0.3, 0.4) is 0 Å². The molecular formula is C27H31Cl2NO4. The Labute approximate surface area is 210 Å². The highest BCUT2D eigenvalue weighted by Crippen LogP contribution is 2.54. The highest BCUT2D eigenvalue weighted by molar-refractivity contribution is 6.30. The van der Waals surface area contributed by atoms with E-state index in [0.29, 0.717) is 22.9 Å². The van der Waals surface area contributed by atoms with Gasteiger partial charge in [0.05, 0.1) is 30.0 Å². The zero-order valence-corrected chi connectivity index (χ0v) is 21.0. The van der Waals surface area contributed by atoms with E-state index in [1.165, 1.54) is 0 Å². The van der Waals surface area contributed by atoms with Crippen LogP contribution in [0.15, 0.2) is 48.5 Å². The maximum absolute atomic E-state index is 14.2. The van der Waals surface area contributed by atoms with Gasteiger partial charge in [0.15, 0.2) is 0 Å². The summed E-state index contributed by atoms with van der Waals surface area (Å²) in [5, 5.41) is 22.0. The second-order valence-corrected chi connectivity index (χ2v) is 10.9. The van der Waals surface area contributed by atoms with Crippen molar-refractivity contribution in [1.29, 1.82) is 0 Å². The maximum Gasteiger partial charge on any atom is 0.304 e. The lowest BCUT2D eigenvalue weighted by Gasteiger charge is -2.53. The van der Waals surface area contributed by atoms with Crippen LogP contribution in [0.4, 0.5) is 0 Å². The molecule has 1 unspecified atom stereocenters. The SMILES string of the molecule is CC[C@H](O)[C@H](C1CC1)N1C(=O)[C@@](C)(CC(=O)O)C[C@H](c2cccc(Cl)c2)C1c1ccc(Cl)cc1. The minimum absolute atomic E-state index is 0.195. The van der Waals surface area contributed by atoms with Crippen LogP contribution in [-0.2, 0) is 9.59 Å². The molecule has 1 heterocycles. The van der Waals surface area contributed by atoms with Gasteiger partial charge in [-0.05, 0) is 67.0 Å². The number of piperidine rings is 1. The van der Waals surface area contributed by atoms with E-state index in [9.17, 15) is 19.8 Å². The summed E-state index contributed by atoms with van der Waals surface area (Å²) in [5.41, 5.74) is 0.749. The quantitative estimate of drug-likeness (QED) is 0.457. The van der Waals surface area contributed by atoms with Crippen molar-refractivity contribution < 1.29 is 19.8 Å². The first-order valence-electron chi connectivity index (χ1n) is 11.9. The van der Waals surface area contributed by atoms with Crippen molar-refractivity contribution in [2.75, 3.05) is 0 Å². The number of hydrogen-bond donors (Lipinski definition) is 2. The molecule has 1 amide bonds. The zero-order chi connectivity index (χ0) is 24.6. The lowest BCUT2D eigenvalue weighted by Crippen LogP contribution is -2.59. The molecule has 5 nitrogen and oxygen atoms in total. The average Bonchev–Trinajstić information content (AvgIpc) is 3.62. The first-order chi connectivity index (χ1) is 16.1. The van der Waals surface area contributed by atoms with E-state index in [2.05, 4.69) is 0 Å². The number of rotatable bonds is 8. The summed E-state index contributed by atoms with van der Waals surface area (Å²) in [6, 6.07) is 14.3. The standard InChI is InChI=1S/C27H31Cl2NO4/c1-3-22(31)25(17-7-8-17)30-24(16-9-11-19(28)12-10-16)21(18-5-4-6-20(29)13-18)14-27(2,26(30)34)15-23(32)33/h4-6,9-13,17,21-22,24-25,31H,3,7-8,14-15H2,1-2H3,(H,32,33)/t21-,22+,24?,25+,27-/m1/s1. The van der Waals surface area contributed by atoms with Gasteiger partial charge in [-0.15, -0.1) is 0 Å². The summed E-state index contributed by atoms with van der Waals surface area (Å²) in [6.45, 7) is 3.66. The number of carbonyl (C=O) groups is 2. The fourth-order valence-electron chi connectivity index (χ4n) is 5.61. The smallest absolute Gasteiger partial charge is 0.304 e. The van der Waals surface area contributed by atoms with Gasteiger partial charge in [-0.3, -0.25) is 9.59 Å². The van der Waals surface area contributed by atoms with Gasteiger partial charge in [0.2, 0.25) is 5.91 Å². The molecular weight excluding hydrogens is 473 g/mol. The van der Waals surface area contributed by atoms with Gasteiger partial charge in [0.25, 0.3) is 0 Å². The third-order valence-corrected chi connectivity index (χ3v) is 7.86. The Morgan fingerprint density at radius 3 is 2.35 bits per heavy atom. The second kappa shape index (κ2) is 9.88. The van der Waals surface area contributed by atoms with Gasteiger partial charge in [0, 0.05) is 16.0 Å². The van der Waals surface area contributed by atoms with Crippen molar-refractivity contribution >= 4 is 35.1 Å². The van der Waals surface area contributed by atoms with Gasteiger partial charge < -0.3 is 15.1 Å². The average molecular weight is 504 g/mol. The molecule has 2 N–H and O–H groups in total. The van der Waals surface area contributed by atoms with Crippen molar-refractivity contribution in [3.8, 4) is 0 Å². The summed E-state index contributed by atoms with van der Waals surface area (Å²) in [5.74, 6) is -1.23.